The van der Waals surface area contributed by atoms with Crippen molar-refractivity contribution in [3.8, 4) is 0 Å². The van der Waals surface area contributed by atoms with Crippen molar-refractivity contribution < 1.29 is 0 Å². The molecule has 1 aromatic heterocycles. The van der Waals surface area contributed by atoms with Crippen LogP contribution in [0.5, 0.6) is 0 Å². The molecule has 1 aromatic rings. The van der Waals surface area contributed by atoms with Crippen molar-refractivity contribution in [3.63, 3.8) is 0 Å². The molecule has 0 amide bonds. The van der Waals surface area contributed by atoms with Crippen molar-refractivity contribution >= 4 is 21.9 Å². The highest BCUT2D eigenvalue weighted by Crippen LogP contribution is 2.16. The molecule has 0 aliphatic heterocycles. The molecule has 0 radical (unpaired) electrons. The number of nitrogens with zero attached hydrogens (tertiary/aromatic N) is 1. The van der Waals surface area contributed by atoms with Crippen molar-refractivity contribution in [2.75, 3.05) is 5.73 Å². The van der Waals surface area contributed by atoms with Crippen LogP contribution in [-0.2, 0) is 6.42 Å². The quantitative estimate of drug-likeness (QED) is 0.783. The van der Waals surface area contributed by atoms with Gasteiger partial charge in [0.2, 0.25) is 0 Å². The Hall–Kier alpha value is -0.510. The number of aromatic amines is 1. The molecular weight excluding hydrogens is 218 g/mol. The fraction of sp³-hybridized carbons (Fsp3) is 0.625. The number of unbranched alkanes of at least 4 members (excludes halogenated alkanes) is 2. The van der Waals surface area contributed by atoms with Gasteiger partial charge in [-0.2, -0.15) is 0 Å². The van der Waals surface area contributed by atoms with E-state index in [-0.39, 0.29) is 0 Å². The molecule has 0 aliphatic carbocycles. The third-order valence-electron chi connectivity index (χ3n) is 1.78. The summed E-state index contributed by atoms with van der Waals surface area (Å²) < 4.78 is 0.858. The van der Waals surface area contributed by atoms with Gasteiger partial charge in [0, 0.05) is 0 Å². The summed E-state index contributed by atoms with van der Waals surface area (Å²) in [6, 6.07) is 0. The molecule has 0 atom stereocenters. The van der Waals surface area contributed by atoms with E-state index >= 15 is 0 Å². The summed E-state index contributed by atoms with van der Waals surface area (Å²) in [5.74, 6) is 0.494. The maximum absolute atomic E-state index is 5.49. The van der Waals surface area contributed by atoms with E-state index in [0.29, 0.717) is 5.95 Å². The second-order valence-electron chi connectivity index (χ2n) is 2.85. The molecule has 68 valence electrons. The average Bonchev–Trinajstić information content (AvgIpc) is 2.31. The fourth-order valence-corrected chi connectivity index (χ4v) is 1.61. The minimum Gasteiger partial charge on any atom is -0.369 e. The Bertz CT molecular complexity index is 244. The van der Waals surface area contributed by atoms with Crippen molar-refractivity contribution in [1.82, 2.24) is 9.97 Å². The van der Waals surface area contributed by atoms with Gasteiger partial charge in [0.05, 0.1) is 5.69 Å². The lowest BCUT2D eigenvalue weighted by Crippen LogP contribution is -1.88. The number of aromatic nitrogens is 2. The summed E-state index contributed by atoms with van der Waals surface area (Å²) in [4.78, 5) is 7.05. The van der Waals surface area contributed by atoms with E-state index in [0.717, 1.165) is 16.7 Å². The number of hydrogen-bond donors (Lipinski definition) is 2. The summed E-state index contributed by atoms with van der Waals surface area (Å²) in [6.45, 7) is 2.19. The number of hydrogen-bond acceptors (Lipinski definition) is 2. The maximum Gasteiger partial charge on any atom is 0.198 e. The average molecular weight is 232 g/mol. The molecule has 0 saturated heterocycles. The molecule has 0 aromatic carbocycles. The third-order valence-corrected chi connectivity index (χ3v) is 2.43. The number of nitrogens with two attached hydrogens (primary N) is 1. The zero-order valence-corrected chi connectivity index (χ0v) is 8.82. The number of imidazole rings is 1. The molecule has 1 heterocycles. The zero-order chi connectivity index (χ0) is 8.97. The van der Waals surface area contributed by atoms with Gasteiger partial charge < -0.3 is 10.7 Å². The highest BCUT2D eigenvalue weighted by atomic mass is 79.9. The molecule has 0 spiro atoms. The second kappa shape index (κ2) is 4.50. The first-order valence-electron chi connectivity index (χ1n) is 4.24. The van der Waals surface area contributed by atoms with Gasteiger partial charge in [-0.15, -0.1) is 0 Å². The van der Waals surface area contributed by atoms with Crippen LogP contribution in [-0.4, -0.2) is 9.97 Å². The monoisotopic (exact) mass is 231 g/mol. The molecule has 3 nitrogen and oxygen atoms in total. The van der Waals surface area contributed by atoms with E-state index in [1.165, 1.54) is 19.3 Å². The van der Waals surface area contributed by atoms with Gasteiger partial charge in [-0.1, -0.05) is 19.8 Å². The lowest BCUT2D eigenvalue weighted by Gasteiger charge is -1.96. The molecule has 0 fully saturated rings. The molecule has 4 heteroatoms. The number of H-pyrrole nitrogens is 1. The molecule has 1 rings (SSSR count). The third kappa shape index (κ3) is 2.52. The van der Waals surface area contributed by atoms with Crippen LogP contribution in [0.25, 0.3) is 0 Å². The smallest absolute Gasteiger partial charge is 0.198 e. The first-order valence-corrected chi connectivity index (χ1v) is 5.03. The Morgan fingerprint density at radius 1 is 1.50 bits per heavy atom. The number of nitrogens with one attached hydrogen (secondary N) is 1. The molecular formula is C8H14BrN3. The highest BCUT2D eigenvalue weighted by Gasteiger charge is 2.03. The largest absolute Gasteiger partial charge is 0.369 e. The minimum atomic E-state index is 0.494. The Labute approximate surface area is 80.9 Å². The summed E-state index contributed by atoms with van der Waals surface area (Å²) in [5.41, 5.74) is 6.60. The first kappa shape index (κ1) is 9.58. The Balaban J connectivity index is 2.45. The van der Waals surface area contributed by atoms with Crippen LogP contribution in [0, 0.1) is 0 Å². The van der Waals surface area contributed by atoms with E-state index in [1.54, 1.807) is 0 Å². The van der Waals surface area contributed by atoms with E-state index in [1.807, 2.05) is 0 Å². The maximum atomic E-state index is 5.49. The molecule has 0 unspecified atom stereocenters. The number of nitrogen functional groups attached to an aromatic ring is 1. The lowest BCUT2D eigenvalue weighted by atomic mass is 10.2. The van der Waals surface area contributed by atoms with Gasteiger partial charge >= 0.3 is 0 Å². The first-order chi connectivity index (χ1) is 5.74. The predicted octanol–water partition coefficient (Wildman–Crippen LogP) is 2.49. The van der Waals surface area contributed by atoms with Gasteiger partial charge in [-0.25, -0.2) is 4.98 Å². The summed E-state index contributed by atoms with van der Waals surface area (Å²) >= 11 is 3.35. The van der Waals surface area contributed by atoms with Crippen LogP contribution in [0.3, 0.4) is 0 Å². The highest BCUT2D eigenvalue weighted by molar-refractivity contribution is 9.10. The van der Waals surface area contributed by atoms with Crippen LogP contribution in [0.4, 0.5) is 5.95 Å². The van der Waals surface area contributed by atoms with Gasteiger partial charge in [-0.3, -0.25) is 0 Å². The van der Waals surface area contributed by atoms with Crippen LogP contribution < -0.4 is 5.73 Å². The van der Waals surface area contributed by atoms with Gasteiger partial charge in [0.15, 0.2) is 5.95 Å². The number of halogens is 1. The van der Waals surface area contributed by atoms with Crippen molar-refractivity contribution in [2.45, 2.75) is 32.6 Å². The van der Waals surface area contributed by atoms with E-state index < -0.39 is 0 Å². The molecule has 0 bridgehead atoms. The normalized spacial score (nSPS) is 10.5. The standard InChI is InChI=1S/C8H14BrN3/c1-2-3-4-5-6-7(9)12-8(10)11-6/h2-5H2,1H3,(H3,10,11,12). The van der Waals surface area contributed by atoms with Crippen molar-refractivity contribution in [1.29, 1.82) is 0 Å². The van der Waals surface area contributed by atoms with Crippen LogP contribution in [0.2, 0.25) is 0 Å². The Morgan fingerprint density at radius 3 is 2.75 bits per heavy atom. The van der Waals surface area contributed by atoms with E-state index in [2.05, 4.69) is 32.8 Å². The lowest BCUT2D eigenvalue weighted by molar-refractivity contribution is 0.708. The summed E-state index contributed by atoms with van der Waals surface area (Å²) in [5, 5.41) is 0. The number of anilines is 1. The molecule has 0 saturated carbocycles. The molecule has 3 N–H and O–H groups in total. The molecule has 0 aliphatic rings. The SMILES string of the molecule is CCCCCc1[nH]c(N)nc1Br. The Morgan fingerprint density at radius 2 is 2.25 bits per heavy atom. The van der Waals surface area contributed by atoms with Gasteiger partial charge in [0.25, 0.3) is 0 Å². The summed E-state index contributed by atoms with van der Waals surface area (Å²) in [6.07, 6.45) is 4.71. The summed E-state index contributed by atoms with van der Waals surface area (Å²) in [7, 11) is 0. The number of aryl methyl sites for hydroxylation is 1. The van der Waals surface area contributed by atoms with Crippen LogP contribution in [0.15, 0.2) is 4.60 Å². The zero-order valence-electron chi connectivity index (χ0n) is 7.23. The van der Waals surface area contributed by atoms with Gasteiger partial charge in [0.1, 0.15) is 4.60 Å². The Kier molecular flexibility index (Phi) is 3.59. The number of rotatable bonds is 4. The van der Waals surface area contributed by atoms with Crippen molar-refractivity contribution in [3.05, 3.63) is 10.3 Å². The minimum absolute atomic E-state index is 0.494. The molecule has 12 heavy (non-hydrogen) atoms. The van der Waals surface area contributed by atoms with Gasteiger partial charge in [-0.05, 0) is 28.8 Å². The topological polar surface area (TPSA) is 54.7 Å². The van der Waals surface area contributed by atoms with E-state index in [9.17, 15) is 0 Å². The van der Waals surface area contributed by atoms with E-state index in [4.69, 9.17) is 5.73 Å². The predicted molar refractivity (Wildman–Crippen MR) is 53.9 cm³/mol. The van der Waals surface area contributed by atoms with Crippen molar-refractivity contribution in [2.24, 2.45) is 0 Å². The fourth-order valence-electron chi connectivity index (χ4n) is 1.12. The van der Waals surface area contributed by atoms with Crippen LogP contribution in [0.1, 0.15) is 31.9 Å². The van der Waals surface area contributed by atoms with Crippen LogP contribution >= 0.6 is 15.9 Å². The second-order valence-corrected chi connectivity index (χ2v) is 3.60.